The number of nitrogens with one attached hydrogen (secondary N) is 2. The molecule has 0 saturated carbocycles. The van der Waals surface area contributed by atoms with Crippen LogP contribution in [0.4, 0.5) is 5.69 Å². The molecule has 2 amide bonds. The molecule has 1 fully saturated rings. The van der Waals surface area contributed by atoms with E-state index < -0.39 is 5.25 Å². The highest BCUT2D eigenvalue weighted by Crippen LogP contribution is 2.28. The summed E-state index contributed by atoms with van der Waals surface area (Å²) in [5, 5.41) is 5.98. The Morgan fingerprint density at radius 1 is 1.54 bits per heavy atom. The molecular weight excluding hydrogens is 350 g/mol. The standard InChI is InChI=1S/C16H20ClN3O3S/c1-4-9(2)18-16-20-15(22)13(24-16)8-14(21)19-10-5-6-12(23-3)11(17)7-10/h5-7,9,13H,4,8H2,1-3H3,(H,19,21)(H,18,20,22)/t9-,13+/m0/s1. The molecule has 2 atom stereocenters. The lowest BCUT2D eigenvalue weighted by Gasteiger charge is -2.09. The first kappa shape index (κ1) is 18.6. The monoisotopic (exact) mass is 369 g/mol. The topological polar surface area (TPSA) is 79.8 Å². The fourth-order valence-corrected chi connectivity index (χ4v) is 3.34. The van der Waals surface area contributed by atoms with Gasteiger partial charge in [0.15, 0.2) is 5.17 Å². The normalized spacial score (nSPS) is 19.9. The van der Waals surface area contributed by atoms with Crippen LogP contribution in [0.2, 0.25) is 5.02 Å². The molecule has 130 valence electrons. The van der Waals surface area contributed by atoms with Crippen LogP contribution in [0.25, 0.3) is 0 Å². The summed E-state index contributed by atoms with van der Waals surface area (Å²) in [6, 6.07) is 5.11. The number of anilines is 1. The second-order valence-electron chi connectivity index (χ2n) is 5.39. The Morgan fingerprint density at radius 2 is 2.29 bits per heavy atom. The number of halogens is 1. The van der Waals surface area contributed by atoms with E-state index >= 15 is 0 Å². The summed E-state index contributed by atoms with van der Waals surface area (Å²) < 4.78 is 5.07. The SMILES string of the molecule is CC[C@H](C)N=C1NC(=O)[C@@H](CC(=O)Nc2ccc(OC)c(Cl)c2)S1. The number of thioether (sulfide) groups is 1. The molecule has 0 radical (unpaired) electrons. The molecule has 1 aliphatic rings. The zero-order valence-corrected chi connectivity index (χ0v) is 15.3. The summed E-state index contributed by atoms with van der Waals surface area (Å²) in [5.41, 5.74) is 0.558. The van der Waals surface area contributed by atoms with Crippen LogP contribution >= 0.6 is 23.4 Å². The molecule has 2 N–H and O–H groups in total. The lowest BCUT2D eigenvalue weighted by molar-refractivity contribution is -0.122. The van der Waals surface area contributed by atoms with Gasteiger partial charge in [0, 0.05) is 18.2 Å². The van der Waals surface area contributed by atoms with Crippen LogP contribution in [0.15, 0.2) is 23.2 Å². The Hall–Kier alpha value is -1.73. The number of amidine groups is 1. The van der Waals surface area contributed by atoms with E-state index in [1.807, 2.05) is 13.8 Å². The molecule has 1 aromatic rings. The van der Waals surface area contributed by atoms with E-state index in [1.165, 1.54) is 18.9 Å². The summed E-state index contributed by atoms with van der Waals surface area (Å²) in [4.78, 5) is 28.5. The number of benzene rings is 1. The molecule has 24 heavy (non-hydrogen) atoms. The van der Waals surface area contributed by atoms with Gasteiger partial charge in [-0.25, -0.2) is 0 Å². The van der Waals surface area contributed by atoms with Gasteiger partial charge in [0.2, 0.25) is 11.8 Å². The van der Waals surface area contributed by atoms with Crippen LogP contribution in [0.3, 0.4) is 0 Å². The van der Waals surface area contributed by atoms with Crippen molar-refractivity contribution < 1.29 is 14.3 Å². The summed E-state index contributed by atoms with van der Waals surface area (Å²) in [5.74, 6) is 0.0879. The highest BCUT2D eigenvalue weighted by Gasteiger charge is 2.32. The van der Waals surface area contributed by atoms with E-state index in [4.69, 9.17) is 16.3 Å². The highest BCUT2D eigenvalue weighted by atomic mass is 35.5. The van der Waals surface area contributed by atoms with Crippen molar-refractivity contribution in [2.45, 2.75) is 38.0 Å². The third-order valence-electron chi connectivity index (χ3n) is 3.51. The predicted octanol–water partition coefficient (Wildman–Crippen LogP) is 3.06. The summed E-state index contributed by atoms with van der Waals surface area (Å²) in [6.45, 7) is 4.01. The number of rotatable bonds is 6. The van der Waals surface area contributed by atoms with Crippen molar-refractivity contribution in [1.29, 1.82) is 0 Å². The Bertz CT molecular complexity index is 666. The molecular formula is C16H20ClN3O3S. The van der Waals surface area contributed by atoms with Crippen molar-refractivity contribution in [2.75, 3.05) is 12.4 Å². The Kier molecular flexibility index (Phi) is 6.51. The van der Waals surface area contributed by atoms with E-state index in [1.54, 1.807) is 18.2 Å². The van der Waals surface area contributed by atoms with Gasteiger partial charge in [0.05, 0.1) is 12.1 Å². The number of hydrogen-bond donors (Lipinski definition) is 2. The van der Waals surface area contributed by atoms with Gasteiger partial charge in [-0.1, -0.05) is 30.3 Å². The molecule has 0 aliphatic carbocycles. The molecule has 6 nitrogen and oxygen atoms in total. The quantitative estimate of drug-likeness (QED) is 0.807. The van der Waals surface area contributed by atoms with Gasteiger partial charge in [-0.3, -0.25) is 14.6 Å². The van der Waals surface area contributed by atoms with Gasteiger partial charge >= 0.3 is 0 Å². The first-order valence-corrected chi connectivity index (χ1v) is 8.87. The number of nitrogens with zero attached hydrogens (tertiary/aromatic N) is 1. The number of ether oxygens (including phenoxy) is 1. The van der Waals surface area contributed by atoms with E-state index in [9.17, 15) is 9.59 Å². The first-order valence-electron chi connectivity index (χ1n) is 7.61. The number of hydrogen-bond acceptors (Lipinski definition) is 5. The van der Waals surface area contributed by atoms with E-state index in [-0.39, 0.29) is 24.3 Å². The second kappa shape index (κ2) is 8.39. The third-order valence-corrected chi connectivity index (χ3v) is 4.90. The number of carbonyl (C=O) groups excluding carboxylic acids is 2. The minimum absolute atomic E-state index is 0.0691. The molecule has 2 rings (SSSR count). The molecule has 0 unspecified atom stereocenters. The molecule has 0 aromatic heterocycles. The average molecular weight is 370 g/mol. The van der Waals surface area contributed by atoms with Crippen LogP contribution in [0, 0.1) is 0 Å². The molecule has 1 aromatic carbocycles. The van der Waals surface area contributed by atoms with Crippen molar-refractivity contribution in [3.05, 3.63) is 23.2 Å². The maximum absolute atomic E-state index is 12.1. The number of methoxy groups -OCH3 is 1. The van der Waals surface area contributed by atoms with E-state index in [2.05, 4.69) is 15.6 Å². The lowest BCUT2D eigenvalue weighted by Crippen LogP contribution is -2.28. The Balaban J connectivity index is 1.94. The minimum Gasteiger partial charge on any atom is -0.495 e. The first-order chi connectivity index (χ1) is 11.4. The van der Waals surface area contributed by atoms with Crippen LogP contribution in [0.5, 0.6) is 5.75 Å². The van der Waals surface area contributed by atoms with E-state index in [0.29, 0.717) is 21.6 Å². The maximum atomic E-state index is 12.1. The van der Waals surface area contributed by atoms with Gasteiger partial charge in [0.1, 0.15) is 11.0 Å². The zero-order valence-electron chi connectivity index (χ0n) is 13.8. The Labute approximate surface area is 150 Å². The van der Waals surface area contributed by atoms with Gasteiger partial charge in [0.25, 0.3) is 0 Å². The number of aliphatic imine (C=N–C) groups is 1. The van der Waals surface area contributed by atoms with Crippen molar-refractivity contribution in [1.82, 2.24) is 5.32 Å². The van der Waals surface area contributed by atoms with Crippen molar-refractivity contribution >= 4 is 46.0 Å². The van der Waals surface area contributed by atoms with Gasteiger partial charge < -0.3 is 15.4 Å². The van der Waals surface area contributed by atoms with Crippen LogP contribution in [-0.4, -0.2) is 35.4 Å². The average Bonchev–Trinajstić information content (AvgIpc) is 2.86. The van der Waals surface area contributed by atoms with Crippen molar-refractivity contribution in [2.24, 2.45) is 4.99 Å². The van der Waals surface area contributed by atoms with Gasteiger partial charge in [-0.15, -0.1) is 0 Å². The molecule has 8 heteroatoms. The van der Waals surface area contributed by atoms with Crippen molar-refractivity contribution in [3.8, 4) is 5.75 Å². The molecule has 0 spiro atoms. The van der Waals surface area contributed by atoms with Gasteiger partial charge in [-0.2, -0.15) is 0 Å². The van der Waals surface area contributed by atoms with Crippen LogP contribution < -0.4 is 15.4 Å². The zero-order chi connectivity index (χ0) is 17.7. The predicted molar refractivity (Wildman–Crippen MR) is 98.0 cm³/mol. The maximum Gasteiger partial charge on any atom is 0.240 e. The highest BCUT2D eigenvalue weighted by molar-refractivity contribution is 8.15. The summed E-state index contributed by atoms with van der Waals surface area (Å²) in [7, 11) is 1.52. The van der Waals surface area contributed by atoms with Crippen molar-refractivity contribution in [3.63, 3.8) is 0 Å². The third kappa shape index (κ3) is 4.88. The minimum atomic E-state index is -0.471. The Morgan fingerprint density at radius 3 is 2.92 bits per heavy atom. The number of amides is 2. The lowest BCUT2D eigenvalue weighted by atomic mass is 10.2. The van der Waals surface area contributed by atoms with Gasteiger partial charge in [-0.05, 0) is 31.5 Å². The second-order valence-corrected chi connectivity index (χ2v) is 6.99. The van der Waals surface area contributed by atoms with Crippen LogP contribution in [-0.2, 0) is 9.59 Å². The molecule has 1 heterocycles. The molecule has 1 saturated heterocycles. The fraction of sp³-hybridized carbons (Fsp3) is 0.438. The van der Waals surface area contributed by atoms with Crippen LogP contribution in [0.1, 0.15) is 26.7 Å². The summed E-state index contributed by atoms with van der Waals surface area (Å²) >= 11 is 7.32. The fourth-order valence-electron chi connectivity index (χ4n) is 2.02. The smallest absolute Gasteiger partial charge is 0.240 e. The number of carbonyl (C=O) groups is 2. The van der Waals surface area contributed by atoms with E-state index in [0.717, 1.165) is 6.42 Å². The molecule has 1 aliphatic heterocycles. The molecule has 0 bridgehead atoms. The summed E-state index contributed by atoms with van der Waals surface area (Å²) in [6.07, 6.45) is 0.961. The largest absolute Gasteiger partial charge is 0.495 e.